The van der Waals surface area contributed by atoms with E-state index in [2.05, 4.69) is 15.6 Å². The molecular weight excluding hydrogens is 444 g/mol. The van der Waals surface area contributed by atoms with E-state index < -0.39 is 0 Å². The summed E-state index contributed by atoms with van der Waals surface area (Å²) in [5.41, 5.74) is 3.61. The van der Waals surface area contributed by atoms with Gasteiger partial charge in [0.15, 0.2) is 11.5 Å². The summed E-state index contributed by atoms with van der Waals surface area (Å²) in [6.07, 6.45) is 0.163. The predicted octanol–water partition coefficient (Wildman–Crippen LogP) is 3.05. The zero-order chi connectivity index (χ0) is 24.0. The summed E-state index contributed by atoms with van der Waals surface area (Å²) in [4.78, 5) is 31.4. The Labute approximate surface area is 198 Å². The van der Waals surface area contributed by atoms with Crippen LogP contribution in [0.4, 0.5) is 10.5 Å². The number of hydrogen-bond donors (Lipinski definition) is 2. The van der Waals surface area contributed by atoms with Crippen molar-refractivity contribution in [3.63, 3.8) is 0 Å². The summed E-state index contributed by atoms with van der Waals surface area (Å²) < 4.78 is 16.0. The maximum absolute atomic E-state index is 12.8. The van der Waals surface area contributed by atoms with E-state index in [-0.39, 0.29) is 24.9 Å². The Hall–Kier alpha value is -3.14. The van der Waals surface area contributed by atoms with Gasteiger partial charge in [0.25, 0.3) is 0 Å². The normalized spacial score (nSPS) is 12.6. The van der Waals surface area contributed by atoms with E-state index >= 15 is 0 Å². The highest BCUT2D eigenvalue weighted by atomic mass is 32.2. The number of amides is 3. The first-order chi connectivity index (χ1) is 15.9. The Balaban J connectivity index is 1.52. The molecule has 2 heterocycles. The molecule has 1 aromatic heterocycles. The molecule has 9 nitrogen and oxygen atoms in total. The molecule has 0 bridgehead atoms. The van der Waals surface area contributed by atoms with Gasteiger partial charge in [-0.25, -0.2) is 9.78 Å². The first-order valence-electron chi connectivity index (χ1n) is 10.6. The number of carbonyl (C=O) groups is 2. The van der Waals surface area contributed by atoms with Crippen LogP contribution in [0.15, 0.2) is 23.2 Å². The molecule has 0 fully saturated rings. The fraction of sp³-hybridized carbons (Fsp3) is 0.435. The van der Waals surface area contributed by atoms with Crippen LogP contribution in [0.3, 0.4) is 0 Å². The molecular formula is C23H30N4O5S. The number of nitrogens with one attached hydrogen (secondary N) is 2. The summed E-state index contributed by atoms with van der Waals surface area (Å²) in [6, 6.07) is 5.32. The van der Waals surface area contributed by atoms with Gasteiger partial charge in [-0.2, -0.15) is 0 Å². The molecule has 2 aromatic rings. The average molecular weight is 475 g/mol. The van der Waals surface area contributed by atoms with Crippen LogP contribution < -0.4 is 29.7 Å². The first kappa shape index (κ1) is 24.5. The second-order valence-electron chi connectivity index (χ2n) is 7.53. The number of ether oxygens (including phenoxy) is 3. The molecule has 1 aliphatic rings. The van der Waals surface area contributed by atoms with Crippen molar-refractivity contribution in [2.45, 2.75) is 31.8 Å². The van der Waals surface area contributed by atoms with Crippen molar-refractivity contribution in [2.75, 3.05) is 45.1 Å². The summed E-state index contributed by atoms with van der Waals surface area (Å²) in [5.74, 6) is 2.15. The third-order valence-electron chi connectivity index (χ3n) is 5.19. The van der Waals surface area contributed by atoms with E-state index in [1.165, 1.54) is 7.11 Å². The SMILES string of the molecule is COc1cc(CNC(=O)CCNC(=O)N2CCSc3nc(C)cc(C)c32)cc(OC)c1OC. The van der Waals surface area contributed by atoms with Crippen molar-refractivity contribution in [1.29, 1.82) is 0 Å². The Morgan fingerprint density at radius 2 is 1.76 bits per heavy atom. The number of aromatic nitrogens is 1. The van der Waals surface area contributed by atoms with E-state index in [1.54, 1.807) is 43.0 Å². The largest absolute Gasteiger partial charge is 0.493 e. The van der Waals surface area contributed by atoms with Gasteiger partial charge in [-0.15, -0.1) is 11.8 Å². The molecule has 33 heavy (non-hydrogen) atoms. The van der Waals surface area contributed by atoms with E-state index in [0.717, 1.165) is 33.3 Å². The Kier molecular flexibility index (Phi) is 8.26. The van der Waals surface area contributed by atoms with Crippen LogP contribution in [-0.4, -0.2) is 57.1 Å². The smallest absolute Gasteiger partial charge is 0.322 e. The lowest BCUT2D eigenvalue weighted by Crippen LogP contribution is -2.44. The fourth-order valence-electron chi connectivity index (χ4n) is 3.68. The number of thioether (sulfide) groups is 1. The molecule has 0 saturated carbocycles. The van der Waals surface area contributed by atoms with Gasteiger partial charge in [0.1, 0.15) is 5.03 Å². The topological polar surface area (TPSA) is 102 Å². The van der Waals surface area contributed by atoms with Crippen molar-refractivity contribution in [1.82, 2.24) is 15.6 Å². The minimum atomic E-state index is -0.220. The fourth-order valence-corrected chi connectivity index (χ4v) is 4.76. The van der Waals surface area contributed by atoms with Gasteiger partial charge in [-0.05, 0) is 43.2 Å². The summed E-state index contributed by atoms with van der Waals surface area (Å²) in [7, 11) is 4.62. The van der Waals surface area contributed by atoms with Gasteiger partial charge in [-0.1, -0.05) is 0 Å². The minimum Gasteiger partial charge on any atom is -0.493 e. The molecule has 0 unspecified atom stereocenters. The standard InChI is InChI=1S/C23H30N4O5S/c1-14-10-15(2)26-22-20(14)27(8-9-33-22)23(29)24-7-6-19(28)25-13-16-11-17(30-3)21(32-5)18(12-16)31-4/h10-12H,6-9,13H2,1-5H3,(H,24,29)(H,25,28). The molecule has 1 aliphatic heterocycles. The van der Waals surface area contributed by atoms with Crippen LogP contribution in [0.2, 0.25) is 0 Å². The number of rotatable bonds is 8. The van der Waals surface area contributed by atoms with Gasteiger partial charge < -0.3 is 24.8 Å². The molecule has 0 saturated heterocycles. The van der Waals surface area contributed by atoms with Crippen LogP contribution in [-0.2, 0) is 11.3 Å². The highest BCUT2D eigenvalue weighted by molar-refractivity contribution is 7.99. The number of anilines is 1. The van der Waals surface area contributed by atoms with Crippen molar-refractivity contribution in [2.24, 2.45) is 0 Å². The van der Waals surface area contributed by atoms with E-state index in [9.17, 15) is 9.59 Å². The molecule has 0 spiro atoms. The Morgan fingerprint density at radius 3 is 2.39 bits per heavy atom. The lowest BCUT2D eigenvalue weighted by atomic mass is 10.1. The lowest BCUT2D eigenvalue weighted by molar-refractivity contribution is -0.121. The van der Waals surface area contributed by atoms with Crippen LogP contribution in [0, 0.1) is 13.8 Å². The van der Waals surface area contributed by atoms with Crippen LogP contribution >= 0.6 is 11.8 Å². The first-order valence-corrected chi connectivity index (χ1v) is 11.6. The average Bonchev–Trinajstić information content (AvgIpc) is 2.81. The maximum atomic E-state index is 12.8. The summed E-state index contributed by atoms with van der Waals surface area (Å²) in [6.45, 7) is 5.06. The Morgan fingerprint density at radius 1 is 1.06 bits per heavy atom. The third-order valence-corrected chi connectivity index (χ3v) is 6.14. The number of nitrogens with zero attached hydrogens (tertiary/aromatic N) is 2. The predicted molar refractivity (Wildman–Crippen MR) is 128 cm³/mol. The van der Waals surface area contributed by atoms with Crippen LogP contribution in [0.5, 0.6) is 17.2 Å². The molecule has 3 rings (SSSR count). The maximum Gasteiger partial charge on any atom is 0.322 e. The summed E-state index contributed by atoms with van der Waals surface area (Å²) >= 11 is 1.66. The van der Waals surface area contributed by atoms with Gasteiger partial charge in [0.2, 0.25) is 11.7 Å². The number of carbonyl (C=O) groups excluding carboxylic acids is 2. The minimum absolute atomic E-state index is 0.163. The van der Waals surface area contributed by atoms with E-state index in [4.69, 9.17) is 14.2 Å². The number of pyridine rings is 1. The molecule has 10 heteroatoms. The number of methoxy groups -OCH3 is 3. The van der Waals surface area contributed by atoms with Crippen molar-refractivity contribution < 1.29 is 23.8 Å². The number of hydrogen-bond acceptors (Lipinski definition) is 7. The van der Waals surface area contributed by atoms with Gasteiger partial charge in [0.05, 0.1) is 27.0 Å². The number of aryl methyl sites for hydroxylation is 2. The van der Waals surface area contributed by atoms with E-state index in [0.29, 0.717) is 30.3 Å². The number of fused-ring (bicyclic) bond motifs is 1. The van der Waals surface area contributed by atoms with Gasteiger partial charge >= 0.3 is 6.03 Å². The number of benzene rings is 1. The molecule has 0 aliphatic carbocycles. The third kappa shape index (κ3) is 5.81. The quantitative estimate of drug-likeness (QED) is 0.606. The van der Waals surface area contributed by atoms with Gasteiger partial charge in [-0.3, -0.25) is 9.69 Å². The van der Waals surface area contributed by atoms with Crippen LogP contribution in [0.1, 0.15) is 23.2 Å². The molecule has 178 valence electrons. The highest BCUT2D eigenvalue weighted by Gasteiger charge is 2.26. The second-order valence-corrected chi connectivity index (χ2v) is 8.61. The van der Waals surface area contributed by atoms with Gasteiger partial charge in [0, 0.05) is 37.5 Å². The molecule has 3 amide bonds. The monoisotopic (exact) mass is 474 g/mol. The van der Waals surface area contributed by atoms with Crippen LogP contribution in [0.25, 0.3) is 0 Å². The molecule has 1 aromatic carbocycles. The Bertz CT molecular complexity index is 1010. The van der Waals surface area contributed by atoms with Crippen molar-refractivity contribution in [3.8, 4) is 17.2 Å². The molecule has 2 N–H and O–H groups in total. The lowest BCUT2D eigenvalue weighted by Gasteiger charge is -2.30. The number of urea groups is 1. The second kappa shape index (κ2) is 11.1. The molecule has 0 atom stereocenters. The van der Waals surface area contributed by atoms with Crippen molar-refractivity contribution >= 4 is 29.4 Å². The highest BCUT2D eigenvalue weighted by Crippen LogP contribution is 2.38. The zero-order valence-electron chi connectivity index (χ0n) is 19.6. The summed E-state index contributed by atoms with van der Waals surface area (Å²) in [5, 5.41) is 6.57. The van der Waals surface area contributed by atoms with Crippen molar-refractivity contribution in [3.05, 3.63) is 35.0 Å². The zero-order valence-corrected chi connectivity index (χ0v) is 20.4. The molecule has 0 radical (unpaired) electrons. The van der Waals surface area contributed by atoms with E-state index in [1.807, 2.05) is 19.9 Å².